The Labute approximate surface area is 88.4 Å². The minimum absolute atomic E-state index is 0.392. The fraction of sp³-hybridized carbons (Fsp3) is 0.700. The van der Waals surface area contributed by atoms with Gasteiger partial charge in [-0.15, -0.1) is 0 Å². The molecule has 14 heavy (non-hydrogen) atoms. The molecule has 0 amide bonds. The summed E-state index contributed by atoms with van der Waals surface area (Å²) in [6.45, 7) is 0. The third-order valence-electron chi connectivity index (χ3n) is 2.93. The molecular formula is C10H16N2OS. The van der Waals surface area contributed by atoms with Crippen molar-refractivity contribution >= 4 is 11.5 Å². The summed E-state index contributed by atoms with van der Waals surface area (Å²) in [5, 5.41) is 0. The average Bonchev–Trinajstić information content (AvgIpc) is 2.77. The molecule has 1 aliphatic rings. The number of hydrogen-bond acceptors (Lipinski definition) is 4. The van der Waals surface area contributed by atoms with Crippen molar-refractivity contribution in [3.63, 3.8) is 0 Å². The van der Waals surface area contributed by atoms with Gasteiger partial charge in [-0.3, -0.25) is 0 Å². The van der Waals surface area contributed by atoms with Crippen LogP contribution in [0.1, 0.15) is 24.1 Å². The second kappa shape index (κ2) is 4.28. The molecule has 3 nitrogen and oxygen atoms in total. The Morgan fingerprint density at radius 3 is 3.07 bits per heavy atom. The maximum atomic E-state index is 6.02. The Hall–Kier alpha value is -0.610. The largest absolute Gasteiger partial charge is 0.480 e. The van der Waals surface area contributed by atoms with Crippen LogP contribution < -0.4 is 10.5 Å². The zero-order valence-electron chi connectivity index (χ0n) is 8.40. The van der Waals surface area contributed by atoms with Gasteiger partial charge in [0.2, 0.25) is 5.88 Å². The quantitative estimate of drug-likeness (QED) is 0.831. The first-order valence-electron chi connectivity index (χ1n) is 5.04. The number of hydrogen-bond donors (Lipinski definition) is 1. The van der Waals surface area contributed by atoms with Crippen LogP contribution in [0.3, 0.4) is 0 Å². The number of nitrogens with two attached hydrogens (primary N) is 1. The van der Waals surface area contributed by atoms with Crippen molar-refractivity contribution in [2.75, 3.05) is 7.11 Å². The fourth-order valence-electron chi connectivity index (χ4n) is 2.06. The summed E-state index contributed by atoms with van der Waals surface area (Å²) in [5.41, 5.74) is 6.02. The van der Waals surface area contributed by atoms with E-state index in [0.29, 0.717) is 12.0 Å². The van der Waals surface area contributed by atoms with Crippen LogP contribution in [0, 0.1) is 5.92 Å². The van der Waals surface area contributed by atoms with Crippen LogP contribution in [0.4, 0.5) is 0 Å². The smallest absolute Gasteiger partial charge is 0.225 e. The molecule has 0 saturated heterocycles. The topological polar surface area (TPSA) is 48.1 Å². The SMILES string of the molecule is COc1cc(CC2CCCC2N)sn1. The van der Waals surface area contributed by atoms with Crippen molar-refractivity contribution < 1.29 is 4.74 Å². The van der Waals surface area contributed by atoms with Crippen LogP contribution in [-0.2, 0) is 6.42 Å². The van der Waals surface area contributed by atoms with E-state index in [0.717, 1.165) is 12.3 Å². The fourth-order valence-corrected chi connectivity index (χ4v) is 2.84. The Kier molecular flexibility index (Phi) is 3.03. The van der Waals surface area contributed by atoms with E-state index in [-0.39, 0.29) is 0 Å². The molecule has 1 aliphatic carbocycles. The van der Waals surface area contributed by atoms with E-state index in [1.165, 1.54) is 35.7 Å². The molecule has 0 aromatic carbocycles. The van der Waals surface area contributed by atoms with E-state index in [1.807, 2.05) is 6.07 Å². The summed E-state index contributed by atoms with van der Waals surface area (Å²) in [4.78, 5) is 1.30. The summed E-state index contributed by atoms with van der Waals surface area (Å²) >= 11 is 1.53. The molecule has 0 radical (unpaired) electrons. The summed E-state index contributed by atoms with van der Waals surface area (Å²) in [7, 11) is 1.65. The van der Waals surface area contributed by atoms with E-state index >= 15 is 0 Å². The van der Waals surface area contributed by atoms with Crippen LogP contribution in [0.2, 0.25) is 0 Å². The molecule has 0 aliphatic heterocycles. The van der Waals surface area contributed by atoms with Crippen molar-refractivity contribution in [1.82, 2.24) is 4.37 Å². The van der Waals surface area contributed by atoms with Gasteiger partial charge in [-0.25, -0.2) is 0 Å². The highest BCUT2D eigenvalue weighted by Gasteiger charge is 2.24. The van der Waals surface area contributed by atoms with E-state index < -0.39 is 0 Å². The Morgan fingerprint density at radius 2 is 2.50 bits per heavy atom. The molecule has 0 spiro atoms. The van der Waals surface area contributed by atoms with Gasteiger partial charge in [0, 0.05) is 17.0 Å². The minimum Gasteiger partial charge on any atom is -0.480 e. The minimum atomic E-state index is 0.392. The monoisotopic (exact) mass is 212 g/mol. The first-order valence-corrected chi connectivity index (χ1v) is 5.82. The molecule has 78 valence electrons. The van der Waals surface area contributed by atoms with E-state index in [1.54, 1.807) is 7.11 Å². The lowest BCUT2D eigenvalue weighted by Crippen LogP contribution is -2.25. The predicted molar refractivity (Wildman–Crippen MR) is 57.7 cm³/mol. The van der Waals surface area contributed by atoms with Gasteiger partial charge in [-0.05, 0) is 36.7 Å². The van der Waals surface area contributed by atoms with Crippen LogP contribution in [0.15, 0.2) is 6.07 Å². The van der Waals surface area contributed by atoms with Gasteiger partial charge >= 0.3 is 0 Å². The molecule has 1 saturated carbocycles. The lowest BCUT2D eigenvalue weighted by atomic mass is 9.99. The standard InChI is InChI=1S/C10H16N2OS/c1-13-10-6-8(14-12-10)5-7-3-2-4-9(7)11/h6-7,9H,2-5,11H2,1H3. The van der Waals surface area contributed by atoms with Gasteiger partial charge in [0.05, 0.1) is 7.11 Å². The lowest BCUT2D eigenvalue weighted by Gasteiger charge is -2.12. The molecule has 1 aromatic heterocycles. The summed E-state index contributed by atoms with van der Waals surface area (Å²) < 4.78 is 9.23. The third-order valence-corrected chi connectivity index (χ3v) is 3.72. The van der Waals surface area contributed by atoms with Gasteiger partial charge in [-0.2, -0.15) is 4.37 Å². The summed E-state index contributed by atoms with van der Waals surface area (Å²) in [5.74, 6) is 1.39. The van der Waals surface area contributed by atoms with Gasteiger partial charge in [0.25, 0.3) is 0 Å². The molecule has 2 rings (SSSR count). The van der Waals surface area contributed by atoms with E-state index in [9.17, 15) is 0 Å². The normalized spacial score (nSPS) is 26.7. The van der Waals surface area contributed by atoms with Gasteiger partial charge in [0.15, 0.2) is 0 Å². The molecule has 2 atom stereocenters. The highest BCUT2D eigenvalue weighted by atomic mass is 32.1. The molecule has 1 fully saturated rings. The average molecular weight is 212 g/mol. The van der Waals surface area contributed by atoms with E-state index in [4.69, 9.17) is 10.5 Å². The molecular weight excluding hydrogens is 196 g/mol. The second-order valence-electron chi connectivity index (χ2n) is 3.89. The molecule has 2 N–H and O–H groups in total. The summed E-state index contributed by atoms with van der Waals surface area (Å²) in [6.07, 6.45) is 4.80. The van der Waals surface area contributed by atoms with Crippen LogP contribution >= 0.6 is 11.5 Å². The molecule has 2 unspecified atom stereocenters. The molecule has 0 bridgehead atoms. The lowest BCUT2D eigenvalue weighted by molar-refractivity contribution is 0.402. The molecule has 1 heterocycles. The Balaban J connectivity index is 1.96. The maximum Gasteiger partial charge on any atom is 0.225 e. The van der Waals surface area contributed by atoms with Crippen LogP contribution in [0.25, 0.3) is 0 Å². The van der Waals surface area contributed by atoms with Crippen molar-refractivity contribution in [3.8, 4) is 5.88 Å². The Bertz CT molecular complexity index is 300. The second-order valence-corrected chi connectivity index (χ2v) is 4.78. The molecule has 4 heteroatoms. The van der Waals surface area contributed by atoms with E-state index in [2.05, 4.69) is 4.37 Å². The number of nitrogens with zero attached hydrogens (tertiary/aromatic N) is 1. The van der Waals surface area contributed by atoms with Crippen LogP contribution in [-0.4, -0.2) is 17.5 Å². The number of ether oxygens (including phenoxy) is 1. The number of methoxy groups -OCH3 is 1. The predicted octanol–water partition coefficient (Wildman–Crippen LogP) is 1.82. The van der Waals surface area contributed by atoms with Crippen molar-refractivity contribution in [3.05, 3.63) is 10.9 Å². The van der Waals surface area contributed by atoms with Crippen molar-refractivity contribution in [2.24, 2.45) is 11.7 Å². The highest BCUT2D eigenvalue weighted by Crippen LogP contribution is 2.29. The van der Waals surface area contributed by atoms with Crippen LogP contribution in [0.5, 0.6) is 5.88 Å². The van der Waals surface area contributed by atoms with Gasteiger partial charge in [-0.1, -0.05) is 6.42 Å². The zero-order chi connectivity index (χ0) is 9.97. The van der Waals surface area contributed by atoms with Crippen molar-refractivity contribution in [1.29, 1.82) is 0 Å². The first-order chi connectivity index (χ1) is 6.79. The first kappa shape index (κ1) is 9.93. The number of rotatable bonds is 3. The zero-order valence-corrected chi connectivity index (χ0v) is 9.22. The Morgan fingerprint density at radius 1 is 1.64 bits per heavy atom. The van der Waals surface area contributed by atoms with Crippen molar-refractivity contribution in [2.45, 2.75) is 31.7 Å². The summed E-state index contributed by atoms with van der Waals surface area (Å²) in [6, 6.07) is 2.42. The third kappa shape index (κ3) is 2.07. The maximum absolute atomic E-state index is 6.02. The number of aromatic nitrogens is 1. The van der Waals surface area contributed by atoms with Gasteiger partial charge < -0.3 is 10.5 Å². The van der Waals surface area contributed by atoms with Gasteiger partial charge in [0.1, 0.15) is 0 Å². The molecule has 1 aromatic rings. The highest BCUT2D eigenvalue weighted by molar-refractivity contribution is 7.05.